The number of rotatable bonds is 6. The van der Waals surface area contributed by atoms with Gasteiger partial charge >= 0.3 is 5.70 Å². The van der Waals surface area contributed by atoms with Crippen molar-refractivity contribution in [1.29, 1.82) is 5.41 Å². The molecule has 0 atom stereocenters. The molecule has 2 N–H and O–H groups in total. The predicted molar refractivity (Wildman–Crippen MR) is 47.1 cm³/mol. The van der Waals surface area contributed by atoms with Crippen LogP contribution >= 0.6 is 0 Å². The van der Waals surface area contributed by atoms with Gasteiger partial charge in [-0.15, -0.1) is 6.58 Å². The van der Waals surface area contributed by atoms with Gasteiger partial charge in [0, 0.05) is 6.54 Å². The van der Waals surface area contributed by atoms with E-state index < -0.39 is 10.6 Å². The predicted octanol–water partition coefficient (Wildman–Crippen LogP) is 0.0988. The van der Waals surface area contributed by atoms with E-state index in [4.69, 9.17) is 5.41 Å². The van der Waals surface area contributed by atoms with Crippen LogP contribution in [0.4, 0.5) is 0 Å². The van der Waals surface area contributed by atoms with Crippen LogP contribution in [0.1, 0.15) is 0 Å². The highest BCUT2D eigenvalue weighted by Crippen LogP contribution is 1.96. The molecular formula is C7H9N3O3. The summed E-state index contributed by atoms with van der Waals surface area (Å²) < 4.78 is 0. The van der Waals surface area contributed by atoms with Crippen molar-refractivity contribution in [3.05, 3.63) is 34.2 Å². The second-order valence-corrected chi connectivity index (χ2v) is 1.99. The Hall–Kier alpha value is -1.98. The Balaban J connectivity index is 4.81. The van der Waals surface area contributed by atoms with Crippen LogP contribution in [-0.2, 0) is 4.79 Å². The number of nitrogens with zero attached hydrogens (tertiary/aromatic N) is 1. The molecule has 0 fully saturated rings. The molecule has 0 radical (unpaired) electrons. The second kappa shape index (κ2) is 5.64. The van der Waals surface area contributed by atoms with Gasteiger partial charge in [0.05, 0.1) is 11.1 Å². The summed E-state index contributed by atoms with van der Waals surface area (Å²) in [4.78, 5) is 19.8. The van der Waals surface area contributed by atoms with E-state index in [9.17, 15) is 14.9 Å². The molecule has 13 heavy (non-hydrogen) atoms. The van der Waals surface area contributed by atoms with Crippen molar-refractivity contribution in [2.24, 2.45) is 0 Å². The molecule has 70 valence electrons. The van der Waals surface area contributed by atoms with Crippen LogP contribution in [0.25, 0.3) is 0 Å². The van der Waals surface area contributed by atoms with Crippen molar-refractivity contribution in [1.82, 2.24) is 5.32 Å². The van der Waals surface area contributed by atoms with Gasteiger partial charge in [-0.25, -0.2) is 0 Å². The zero-order valence-corrected chi connectivity index (χ0v) is 6.82. The first kappa shape index (κ1) is 11.0. The highest BCUT2D eigenvalue weighted by Gasteiger charge is 2.14. The fraction of sp³-hybridized carbons (Fsp3) is 0.143. The van der Waals surface area contributed by atoms with Crippen LogP contribution in [0.2, 0.25) is 0 Å². The number of hydrogen-bond acceptors (Lipinski definition) is 5. The second-order valence-electron chi connectivity index (χ2n) is 1.99. The van der Waals surface area contributed by atoms with Gasteiger partial charge in [-0.05, 0) is 0 Å². The molecule has 0 aliphatic heterocycles. The molecule has 0 amide bonds. The van der Waals surface area contributed by atoms with Crippen LogP contribution in [-0.4, -0.2) is 24.0 Å². The zero-order chi connectivity index (χ0) is 10.3. The molecular weight excluding hydrogens is 174 g/mol. The molecule has 0 rings (SSSR count). The molecule has 0 aromatic carbocycles. The van der Waals surface area contributed by atoms with E-state index in [2.05, 4.69) is 11.9 Å². The van der Waals surface area contributed by atoms with E-state index >= 15 is 0 Å². The molecule has 0 aromatic heterocycles. The van der Waals surface area contributed by atoms with E-state index in [0.29, 0.717) is 12.5 Å². The number of nitrogens with one attached hydrogen (secondary N) is 2. The van der Waals surface area contributed by atoms with Gasteiger partial charge in [0.1, 0.15) is 0 Å². The van der Waals surface area contributed by atoms with E-state index in [-0.39, 0.29) is 12.2 Å². The molecule has 6 heteroatoms. The number of carbonyl (C=O) groups is 1. The summed E-state index contributed by atoms with van der Waals surface area (Å²) in [5.74, 6) is 0. The van der Waals surface area contributed by atoms with Gasteiger partial charge in [-0.2, -0.15) is 0 Å². The van der Waals surface area contributed by atoms with Crippen LogP contribution in [0.5, 0.6) is 0 Å². The first-order valence-corrected chi connectivity index (χ1v) is 3.36. The molecule has 0 heterocycles. The molecule has 0 aromatic rings. The first-order valence-electron chi connectivity index (χ1n) is 3.36. The monoisotopic (exact) mass is 183 g/mol. The zero-order valence-electron chi connectivity index (χ0n) is 6.82. The van der Waals surface area contributed by atoms with Crippen molar-refractivity contribution in [3.63, 3.8) is 0 Å². The van der Waals surface area contributed by atoms with Gasteiger partial charge in [0.2, 0.25) is 0 Å². The van der Waals surface area contributed by atoms with Gasteiger partial charge in [0.25, 0.3) is 0 Å². The summed E-state index contributed by atoms with van der Waals surface area (Å²) in [6, 6.07) is 0. The molecule has 6 nitrogen and oxygen atoms in total. The summed E-state index contributed by atoms with van der Waals surface area (Å²) in [5.41, 5.74) is -0.781. The van der Waals surface area contributed by atoms with Crippen molar-refractivity contribution < 1.29 is 9.72 Å². The van der Waals surface area contributed by atoms with Gasteiger partial charge in [-0.3, -0.25) is 14.9 Å². The number of hydrogen-bond donors (Lipinski definition) is 2. The lowest BCUT2D eigenvalue weighted by molar-refractivity contribution is -0.415. The minimum absolute atomic E-state index is 0.222. The Morgan fingerprint density at radius 1 is 1.69 bits per heavy atom. The third kappa shape index (κ3) is 3.28. The number of aldehydes is 1. The van der Waals surface area contributed by atoms with E-state index in [1.165, 1.54) is 6.08 Å². The Morgan fingerprint density at radius 2 is 2.31 bits per heavy atom. The molecule has 0 spiro atoms. The number of carbonyl (C=O) groups excluding carboxylic acids is 1. The lowest BCUT2D eigenvalue weighted by atomic mass is 10.3. The van der Waals surface area contributed by atoms with E-state index in [1.54, 1.807) is 0 Å². The largest absolute Gasteiger partial charge is 0.373 e. The average molecular weight is 183 g/mol. The Bertz CT molecular complexity index is 270. The summed E-state index contributed by atoms with van der Waals surface area (Å²) in [6.07, 6.45) is 2.26. The van der Waals surface area contributed by atoms with Crippen molar-refractivity contribution in [2.75, 3.05) is 6.54 Å². The molecule has 0 saturated heterocycles. The van der Waals surface area contributed by atoms with Crippen LogP contribution in [0.15, 0.2) is 24.0 Å². The smallest absolute Gasteiger partial charge is 0.313 e. The topological polar surface area (TPSA) is 96.1 Å². The van der Waals surface area contributed by atoms with Crippen LogP contribution in [0.3, 0.4) is 0 Å². The third-order valence-electron chi connectivity index (χ3n) is 1.16. The fourth-order valence-electron chi connectivity index (χ4n) is 0.604. The summed E-state index contributed by atoms with van der Waals surface area (Å²) in [7, 11) is 0. The highest BCUT2D eigenvalue weighted by molar-refractivity contribution is 5.85. The Kier molecular flexibility index (Phi) is 4.78. The van der Waals surface area contributed by atoms with Crippen LogP contribution < -0.4 is 5.32 Å². The fourth-order valence-corrected chi connectivity index (χ4v) is 0.604. The van der Waals surface area contributed by atoms with E-state index in [0.717, 1.165) is 0 Å². The summed E-state index contributed by atoms with van der Waals surface area (Å²) in [5, 5.41) is 19.4. The minimum Gasteiger partial charge on any atom is -0.373 e. The molecule has 0 unspecified atom stereocenters. The van der Waals surface area contributed by atoms with Crippen molar-refractivity contribution in [2.45, 2.75) is 0 Å². The van der Waals surface area contributed by atoms with Crippen LogP contribution in [0, 0.1) is 15.5 Å². The number of nitro groups is 1. The Labute approximate surface area is 74.6 Å². The van der Waals surface area contributed by atoms with Gasteiger partial charge < -0.3 is 10.7 Å². The van der Waals surface area contributed by atoms with Crippen molar-refractivity contribution in [3.8, 4) is 0 Å². The molecule has 0 bridgehead atoms. The SMILES string of the molecule is C=CCN/C(C=O)=C(\C=N)[N+](=O)[O-]. The average Bonchev–Trinajstić information content (AvgIpc) is 2.11. The number of allylic oxidation sites excluding steroid dienone is 2. The van der Waals surface area contributed by atoms with E-state index in [1.807, 2.05) is 0 Å². The molecule has 0 saturated carbocycles. The summed E-state index contributed by atoms with van der Waals surface area (Å²) >= 11 is 0. The summed E-state index contributed by atoms with van der Waals surface area (Å²) in [6.45, 7) is 3.60. The minimum atomic E-state index is -0.799. The van der Waals surface area contributed by atoms with Gasteiger partial charge in [-0.1, -0.05) is 6.08 Å². The first-order chi connectivity index (χ1) is 6.17. The molecule has 0 aliphatic rings. The normalized spacial score (nSPS) is 11.1. The maximum Gasteiger partial charge on any atom is 0.313 e. The maximum absolute atomic E-state index is 10.4. The maximum atomic E-state index is 10.4. The molecule has 0 aliphatic carbocycles. The van der Waals surface area contributed by atoms with Crippen molar-refractivity contribution >= 4 is 12.5 Å². The lowest BCUT2D eigenvalue weighted by Gasteiger charge is -2.00. The lowest BCUT2D eigenvalue weighted by Crippen LogP contribution is -2.19. The third-order valence-corrected chi connectivity index (χ3v) is 1.16. The quantitative estimate of drug-likeness (QED) is 0.152. The van der Waals surface area contributed by atoms with Gasteiger partial charge in [0.15, 0.2) is 12.0 Å². The standard InChI is InChI=1S/C7H9N3O3/c1-2-3-9-6(5-11)7(4-8)10(12)13/h2,4-5,8-9H,1,3H2/b7-6+,8-4?. The Morgan fingerprint density at radius 3 is 2.62 bits per heavy atom. The highest BCUT2D eigenvalue weighted by atomic mass is 16.6.